The molecule has 0 bridgehead atoms. The molecule has 0 spiro atoms. The van der Waals surface area contributed by atoms with Gasteiger partial charge in [0.2, 0.25) is 5.69 Å². The maximum atomic E-state index is 13.0. The van der Waals surface area contributed by atoms with Gasteiger partial charge in [0, 0.05) is 24.2 Å². The highest BCUT2D eigenvalue weighted by Gasteiger charge is 2.15. The molecular formula is C13H7F2N3O2. The van der Waals surface area contributed by atoms with E-state index in [-0.39, 0.29) is 12.1 Å². The maximum Gasteiger partial charge on any atom is 0.305 e. The highest BCUT2D eigenvalue weighted by atomic mass is 19.1. The summed E-state index contributed by atoms with van der Waals surface area (Å²) in [5.41, 5.74) is -0.0871. The second kappa shape index (κ2) is 5.40. The Balaban J connectivity index is 2.35. The van der Waals surface area contributed by atoms with Crippen LogP contribution >= 0.6 is 0 Å². The molecule has 2 rings (SSSR count). The van der Waals surface area contributed by atoms with Crippen molar-refractivity contribution in [3.63, 3.8) is 0 Å². The average molecular weight is 275 g/mol. The van der Waals surface area contributed by atoms with Crippen molar-refractivity contribution in [3.05, 3.63) is 69.0 Å². The van der Waals surface area contributed by atoms with Crippen molar-refractivity contribution in [2.24, 2.45) is 0 Å². The lowest BCUT2D eigenvalue weighted by molar-refractivity contribution is -0.385. The summed E-state index contributed by atoms with van der Waals surface area (Å²) in [5.74, 6) is -1.44. The Morgan fingerprint density at radius 3 is 2.45 bits per heavy atom. The van der Waals surface area contributed by atoms with E-state index >= 15 is 0 Å². The van der Waals surface area contributed by atoms with Crippen molar-refractivity contribution >= 4 is 5.69 Å². The number of pyridine rings is 1. The molecule has 0 fully saturated rings. The van der Waals surface area contributed by atoms with Crippen molar-refractivity contribution in [2.45, 2.75) is 6.42 Å². The van der Waals surface area contributed by atoms with E-state index in [1.165, 1.54) is 6.07 Å². The van der Waals surface area contributed by atoms with Gasteiger partial charge in [-0.2, -0.15) is 5.26 Å². The van der Waals surface area contributed by atoms with Gasteiger partial charge in [-0.15, -0.1) is 0 Å². The molecule has 20 heavy (non-hydrogen) atoms. The Morgan fingerprint density at radius 1 is 1.25 bits per heavy atom. The zero-order chi connectivity index (χ0) is 14.7. The van der Waals surface area contributed by atoms with E-state index in [4.69, 9.17) is 5.26 Å². The molecule has 1 heterocycles. The maximum absolute atomic E-state index is 13.0. The topological polar surface area (TPSA) is 79.8 Å². The van der Waals surface area contributed by atoms with Crippen LogP contribution < -0.4 is 0 Å². The van der Waals surface area contributed by atoms with Gasteiger partial charge in [0.25, 0.3) is 0 Å². The number of nitro groups is 1. The van der Waals surface area contributed by atoms with Crippen LogP contribution in [0.5, 0.6) is 0 Å². The second-order valence-corrected chi connectivity index (χ2v) is 3.99. The number of nitriles is 1. The zero-order valence-corrected chi connectivity index (χ0v) is 10.0. The van der Waals surface area contributed by atoms with Crippen LogP contribution in [0.2, 0.25) is 0 Å². The molecule has 1 aromatic heterocycles. The number of aromatic nitrogens is 1. The molecule has 0 radical (unpaired) electrons. The lowest BCUT2D eigenvalue weighted by Crippen LogP contribution is -2.00. The van der Waals surface area contributed by atoms with Crippen LogP contribution in [0.25, 0.3) is 0 Å². The van der Waals surface area contributed by atoms with E-state index in [9.17, 15) is 18.9 Å². The summed E-state index contributed by atoms with van der Waals surface area (Å²) in [6.45, 7) is 0. The molecule has 0 unspecified atom stereocenters. The van der Waals surface area contributed by atoms with Crippen LogP contribution in [0.15, 0.2) is 30.3 Å². The van der Waals surface area contributed by atoms with Crippen molar-refractivity contribution in [3.8, 4) is 6.07 Å². The lowest BCUT2D eigenvalue weighted by Gasteiger charge is -2.03. The number of halogens is 2. The fourth-order valence-corrected chi connectivity index (χ4v) is 1.74. The van der Waals surface area contributed by atoms with E-state index in [2.05, 4.69) is 4.98 Å². The quantitative estimate of drug-likeness (QED) is 0.637. The lowest BCUT2D eigenvalue weighted by atomic mass is 10.1. The Kier molecular flexibility index (Phi) is 3.66. The third kappa shape index (κ3) is 2.92. The van der Waals surface area contributed by atoms with Crippen LogP contribution in [-0.4, -0.2) is 9.91 Å². The third-order valence-electron chi connectivity index (χ3n) is 2.54. The van der Waals surface area contributed by atoms with Gasteiger partial charge >= 0.3 is 5.69 Å². The monoisotopic (exact) mass is 275 g/mol. The molecule has 0 aliphatic rings. The van der Waals surface area contributed by atoms with Crippen molar-refractivity contribution in [1.29, 1.82) is 5.26 Å². The number of benzene rings is 1. The van der Waals surface area contributed by atoms with E-state index in [0.717, 1.165) is 24.3 Å². The molecule has 0 saturated heterocycles. The van der Waals surface area contributed by atoms with Crippen molar-refractivity contribution in [2.75, 3.05) is 0 Å². The Labute approximate surface area is 112 Å². The predicted octanol–water partition coefficient (Wildman–Crippen LogP) is 2.73. The average Bonchev–Trinajstić information content (AvgIpc) is 2.37. The minimum absolute atomic E-state index is 0.0708. The van der Waals surface area contributed by atoms with Crippen LogP contribution in [0.1, 0.15) is 17.0 Å². The predicted molar refractivity (Wildman–Crippen MR) is 64.8 cm³/mol. The molecule has 5 nitrogen and oxygen atoms in total. The first-order chi connectivity index (χ1) is 9.49. The van der Waals surface area contributed by atoms with Gasteiger partial charge in [-0.25, -0.2) is 13.8 Å². The van der Waals surface area contributed by atoms with Crippen molar-refractivity contribution < 1.29 is 13.7 Å². The first kappa shape index (κ1) is 13.5. The molecule has 7 heteroatoms. The number of rotatable bonds is 3. The summed E-state index contributed by atoms with van der Waals surface area (Å²) in [5, 5.41) is 19.5. The summed E-state index contributed by atoms with van der Waals surface area (Å²) in [4.78, 5) is 13.8. The molecule has 0 N–H and O–H groups in total. The van der Waals surface area contributed by atoms with Gasteiger partial charge in [0.1, 0.15) is 17.7 Å². The van der Waals surface area contributed by atoms with Crippen LogP contribution in [0.4, 0.5) is 14.5 Å². The highest BCUT2D eigenvalue weighted by molar-refractivity contribution is 5.44. The summed E-state index contributed by atoms with van der Waals surface area (Å²) in [6.07, 6.45) is 0.0708. The van der Waals surface area contributed by atoms with Crippen LogP contribution in [0.3, 0.4) is 0 Å². The molecular weight excluding hydrogens is 268 g/mol. The summed E-state index contributed by atoms with van der Waals surface area (Å²) >= 11 is 0. The molecule has 0 saturated carbocycles. The fraction of sp³-hybridized carbons (Fsp3) is 0.0769. The third-order valence-corrected chi connectivity index (χ3v) is 2.54. The van der Waals surface area contributed by atoms with Gasteiger partial charge in [-0.3, -0.25) is 10.1 Å². The Bertz CT molecular complexity index is 706. The second-order valence-electron chi connectivity index (χ2n) is 3.99. The first-order valence-corrected chi connectivity index (χ1v) is 5.49. The number of nitrogens with zero attached hydrogens (tertiary/aromatic N) is 3. The van der Waals surface area contributed by atoms with E-state index in [1.807, 2.05) is 0 Å². The first-order valence-electron chi connectivity index (χ1n) is 5.49. The van der Waals surface area contributed by atoms with E-state index in [1.54, 1.807) is 6.07 Å². The summed E-state index contributed by atoms with van der Waals surface area (Å²) < 4.78 is 26.1. The van der Waals surface area contributed by atoms with Gasteiger partial charge < -0.3 is 0 Å². The zero-order valence-electron chi connectivity index (χ0n) is 10.0. The Morgan fingerprint density at radius 2 is 1.90 bits per heavy atom. The van der Waals surface area contributed by atoms with E-state index in [0.29, 0.717) is 11.3 Å². The normalized spacial score (nSPS) is 10.1. The number of hydrogen-bond donors (Lipinski definition) is 0. The molecule has 0 aliphatic carbocycles. The van der Waals surface area contributed by atoms with Crippen molar-refractivity contribution in [1.82, 2.24) is 4.98 Å². The summed E-state index contributed by atoms with van der Waals surface area (Å²) in [6, 6.07) is 7.14. The standard InChI is InChI=1S/C13H7F2N3O2/c14-9-3-8(4-10(15)6-9)5-11-1-2-13(18(19)20)12(7-16)17-11/h1-4,6H,5H2. The van der Waals surface area contributed by atoms with Gasteiger partial charge in [0.05, 0.1) is 4.92 Å². The number of hydrogen-bond acceptors (Lipinski definition) is 4. The van der Waals surface area contributed by atoms with Gasteiger partial charge in [-0.1, -0.05) is 0 Å². The minimum atomic E-state index is -0.720. The van der Waals surface area contributed by atoms with Gasteiger partial charge in [-0.05, 0) is 23.8 Å². The molecule has 0 atom stereocenters. The molecule has 0 aliphatic heterocycles. The molecule has 1 aromatic carbocycles. The smallest absolute Gasteiger partial charge is 0.258 e. The SMILES string of the molecule is N#Cc1nc(Cc2cc(F)cc(F)c2)ccc1[N+](=O)[O-]. The van der Waals surface area contributed by atoms with Gasteiger partial charge in [0.15, 0.2) is 0 Å². The summed E-state index contributed by atoms with van der Waals surface area (Å²) in [7, 11) is 0. The highest BCUT2D eigenvalue weighted by Crippen LogP contribution is 2.18. The Hall–Kier alpha value is -2.88. The fourth-order valence-electron chi connectivity index (χ4n) is 1.74. The molecule has 100 valence electrons. The molecule has 2 aromatic rings. The van der Waals surface area contributed by atoms with Crippen LogP contribution in [0, 0.1) is 33.1 Å². The van der Waals surface area contributed by atoms with Crippen LogP contribution in [-0.2, 0) is 6.42 Å². The molecule has 0 amide bonds. The largest absolute Gasteiger partial charge is 0.305 e. The minimum Gasteiger partial charge on any atom is -0.258 e. The van der Waals surface area contributed by atoms with E-state index < -0.39 is 22.2 Å².